The van der Waals surface area contributed by atoms with E-state index in [2.05, 4.69) is 235 Å². The summed E-state index contributed by atoms with van der Waals surface area (Å²) < 4.78 is 0. The van der Waals surface area contributed by atoms with E-state index in [1.54, 1.807) is 51.4 Å². The smallest absolute Gasteiger partial charge is 0.0328 e. The zero-order valence-electron chi connectivity index (χ0n) is 95.9. The normalized spacial score (nSPS) is 36.9. The molecular weight excluding hydrogens is 1540 g/mol. The van der Waals surface area contributed by atoms with Gasteiger partial charge in [-0.05, 0) is 315 Å². The van der Waals surface area contributed by atoms with E-state index in [1.165, 1.54) is 347 Å². The topological polar surface area (TPSA) is 0 Å². The third-order valence-electron chi connectivity index (χ3n) is 41.2. The van der Waals surface area contributed by atoms with E-state index in [1.807, 2.05) is 0 Å². The number of hydrogen-bond donors (Lipinski definition) is 0. The van der Waals surface area contributed by atoms with Gasteiger partial charge >= 0.3 is 0 Å². The Balaban J connectivity index is 0.000000352. The van der Waals surface area contributed by atoms with Gasteiger partial charge < -0.3 is 0 Å². The molecule has 0 saturated heterocycles. The van der Waals surface area contributed by atoms with E-state index in [0.29, 0.717) is 21.7 Å². The lowest BCUT2D eigenvalue weighted by molar-refractivity contribution is 0.244. The fraction of sp³-hybridized carbons (Fsp3) is 1.00. The number of fused-ring (bicyclic) bond motifs is 4. The molecule has 18 aliphatic rings. The zero-order chi connectivity index (χ0) is 95.9. The Hall–Kier alpha value is 0. The highest BCUT2D eigenvalue weighted by molar-refractivity contribution is 4.91. The van der Waals surface area contributed by atoms with Crippen LogP contribution in [-0.2, 0) is 0 Å². The van der Waals surface area contributed by atoms with Gasteiger partial charge in [0.05, 0.1) is 0 Å². The van der Waals surface area contributed by atoms with Crippen molar-refractivity contribution < 1.29 is 0 Å². The first-order valence-electron chi connectivity index (χ1n) is 60.2. The average Bonchev–Trinajstić information content (AvgIpc) is 1.67. The first-order chi connectivity index (χ1) is 60.2. The Bertz CT molecular complexity index is 2410. The molecule has 11 unspecified atom stereocenters. The second kappa shape index (κ2) is 65.1. The van der Waals surface area contributed by atoms with Crippen molar-refractivity contribution in [2.75, 3.05) is 0 Å². The highest BCUT2D eigenvalue weighted by Crippen LogP contribution is 2.51. The lowest BCUT2D eigenvalue weighted by Crippen LogP contribution is -2.14. The molecule has 18 saturated carbocycles. The van der Waals surface area contributed by atoms with Crippen LogP contribution in [0, 0.1) is 186 Å². The van der Waals surface area contributed by atoms with Gasteiger partial charge in [-0.1, -0.05) is 505 Å². The highest BCUT2D eigenvalue weighted by atomic mass is 14.5. The summed E-state index contributed by atoms with van der Waals surface area (Å²) in [6.07, 6.45) is 91.6. The minimum Gasteiger partial charge on any atom is -0.0654 e. The zero-order valence-corrected chi connectivity index (χ0v) is 95.9. The molecule has 0 N–H and O–H groups in total. The maximum absolute atomic E-state index is 2.44. The first kappa shape index (κ1) is 122. The van der Waals surface area contributed by atoms with Gasteiger partial charge in [0.25, 0.3) is 0 Å². The van der Waals surface area contributed by atoms with E-state index in [4.69, 9.17) is 0 Å². The van der Waals surface area contributed by atoms with Crippen LogP contribution in [-0.4, -0.2) is 0 Å². The molecule has 4 bridgehead atoms. The molecule has 18 aliphatic carbocycles. The van der Waals surface area contributed by atoms with Crippen LogP contribution in [0.15, 0.2) is 0 Å². The van der Waals surface area contributed by atoms with Gasteiger partial charge in [0.1, 0.15) is 0 Å². The minimum absolute atomic E-state index is 0.653. The van der Waals surface area contributed by atoms with Crippen molar-refractivity contribution in [2.24, 2.45) is 186 Å². The summed E-state index contributed by atoms with van der Waals surface area (Å²) in [4.78, 5) is 0. The van der Waals surface area contributed by atoms with Gasteiger partial charge in [-0.25, -0.2) is 0 Å². The van der Waals surface area contributed by atoms with Gasteiger partial charge in [-0.3, -0.25) is 0 Å². The van der Waals surface area contributed by atoms with Crippen molar-refractivity contribution in [1.82, 2.24) is 0 Å². The van der Waals surface area contributed by atoms with Gasteiger partial charge in [-0.15, -0.1) is 0 Å². The van der Waals surface area contributed by atoms with Crippen molar-refractivity contribution in [1.29, 1.82) is 0 Å². The van der Waals surface area contributed by atoms with Gasteiger partial charge in [-0.2, -0.15) is 0 Å². The maximum atomic E-state index is 2.44. The summed E-state index contributed by atoms with van der Waals surface area (Å²) in [5.41, 5.74) is 4.12. The van der Waals surface area contributed by atoms with E-state index in [-0.39, 0.29) is 0 Å². The molecular formula is C128H252. The standard InChI is InChI=1S/2C8H14.14C8H16/c1-6-4-7-2-3-8(6)5-7;1-6-7-2-3-8(6)5-4-7;1-6-4-7(2)8(3)5-6;1-7-4-5-8(2,3)6-7;2*1-7-5-4-6-8(7,2)3;1-6-4-5-7(2)8(6)3;1-7-3-5-8(2)6-4-7;1-7-4-3-5-8(2)6-7;1-8(2)6-4-3-5-7-8;1-7-5-3-4-6-8(7)2;1-7(2)8-5-3-4-6-8;2*1-3-8(2)6-4-5-7-8;1-3-8-6-4-5-7(8)2;1-2-5-8-6-3-4-7-8/h2*6-8H,2-5H2,1H3;6-8H,4-5H2,1-3H3;3*7H,4-6H2,1-3H3;6-8H,4-5H2,1-3H3;2*7-8H,3-6H2,1-2H3;3-7H2,1-2H3;2*7-8H,3-6H2,1-2H3;2*3-7H2,1-2H3;7-8H,3-6H2,1-2H3;8H,2-7H2,1H3/t6-,7?,8?;;;2*7-;;;;7-,8?;;7-,8?;;;;;/m0..00...1.1...../s1. The lowest BCUT2D eigenvalue weighted by Gasteiger charge is -2.28. The third-order valence-corrected chi connectivity index (χ3v) is 41.2. The van der Waals surface area contributed by atoms with Crippen molar-refractivity contribution in [3.8, 4) is 0 Å². The van der Waals surface area contributed by atoms with Crippen LogP contribution < -0.4 is 0 Å². The van der Waals surface area contributed by atoms with Gasteiger partial charge in [0.2, 0.25) is 0 Å². The fourth-order valence-corrected chi connectivity index (χ4v) is 27.9. The molecule has 764 valence electrons. The van der Waals surface area contributed by atoms with Crippen molar-refractivity contribution in [3.05, 3.63) is 0 Å². The summed E-state index contributed by atoms with van der Waals surface area (Å²) in [6.45, 7) is 80.6. The van der Waals surface area contributed by atoms with Crippen LogP contribution in [0.4, 0.5) is 0 Å². The molecule has 0 spiro atoms. The molecule has 0 radical (unpaired) electrons. The van der Waals surface area contributed by atoms with E-state index >= 15 is 0 Å². The Morgan fingerprint density at radius 2 is 0.656 bits per heavy atom. The average molecular weight is 1790 g/mol. The van der Waals surface area contributed by atoms with E-state index < -0.39 is 0 Å². The molecule has 0 aliphatic heterocycles. The molecule has 0 nitrogen and oxygen atoms in total. The molecule has 18 fully saturated rings. The Morgan fingerprint density at radius 3 is 0.852 bits per heavy atom. The van der Waals surface area contributed by atoms with Crippen LogP contribution in [0.1, 0.15) is 633 Å². The SMILES string of the molecule is CC(C)C1CCCC1.CC1(C)CCCCC1.CC1C2CCC1CC2.CC1CC(C)C(C)C1.CC1CCC(C)C1C.CC1CCC(C)CC1.CC1CCCC1(C)C.CC1CCCC[C@H]1C.CC1CCC[C@@H](C)C1.CCC1(C)CCCC1.CCC1(C)CCCC1.CCC1CCCC1C.CCCC1CCCC1.C[C@H]1CC2CCC1C2.C[C@H]1CCC(C)(C)C1.C[C@H]1CCCC1(C)C. The van der Waals surface area contributed by atoms with Gasteiger partial charge in [0, 0.05) is 0 Å². The van der Waals surface area contributed by atoms with Crippen molar-refractivity contribution in [3.63, 3.8) is 0 Å². The first-order valence-corrected chi connectivity index (χ1v) is 60.2. The Kier molecular flexibility index (Phi) is 62.1. The Labute approximate surface area is 814 Å². The summed E-state index contributed by atoms with van der Waals surface area (Å²) in [5, 5.41) is 0. The maximum Gasteiger partial charge on any atom is -0.0328 e. The van der Waals surface area contributed by atoms with Crippen LogP contribution in [0.3, 0.4) is 0 Å². The monoisotopic (exact) mass is 1790 g/mol. The second-order valence-corrected chi connectivity index (χ2v) is 55.4. The van der Waals surface area contributed by atoms with Crippen molar-refractivity contribution in [2.45, 2.75) is 633 Å². The van der Waals surface area contributed by atoms with Crippen LogP contribution in [0.5, 0.6) is 0 Å². The lowest BCUT2D eigenvalue weighted by atomic mass is 9.78. The number of rotatable bonds is 6. The molecule has 0 aromatic carbocycles. The molecule has 0 amide bonds. The predicted molar refractivity (Wildman–Crippen MR) is 585 cm³/mol. The minimum atomic E-state index is 0.653. The summed E-state index contributed by atoms with van der Waals surface area (Å²) in [7, 11) is 0. The third kappa shape index (κ3) is 51.8. The van der Waals surface area contributed by atoms with Crippen molar-refractivity contribution >= 4 is 0 Å². The summed E-state index contributed by atoms with van der Waals surface area (Å²) >= 11 is 0. The quantitative estimate of drug-likeness (QED) is 0.249. The largest absolute Gasteiger partial charge is 0.0654 e. The number of hydrogen-bond acceptors (Lipinski definition) is 0. The molecule has 0 aromatic rings. The fourth-order valence-electron chi connectivity index (χ4n) is 27.9. The molecule has 0 heteroatoms. The molecule has 18 rings (SSSR count). The van der Waals surface area contributed by atoms with E-state index in [9.17, 15) is 0 Å². The molecule has 0 aromatic heterocycles. The van der Waals surface area contributed by atoms with Crippen LogP contribution >= 0.6 is 0 Å². The van der Waals surface area contributed by atoms with Crippen LogP contribution in [0.25, 0.3) is 0 Å². The molecule has 16 atom stereocenters. The molecule has 0 heterocycles. The van der Waals surface area contributed by atoms with Crippen LogP contribution in [0.2, 0.25) is 0 Å². The second-order valence-electron chi connectivity index (χ2n) is 55.4. The van der Waals surface area contributed by atoms with E-state index in [0.717, 1.165) is 165 Å². The highest BCUT2D eigenvalue weighted by Gasteiger charge is 2.40. The molecule has 128 heavy (non-hydrogen) atoms. The Morgan fingerprint density at radius 1 is 0.250 bits per heavy atom. The predicted octanol–water partition coefficient (Wildman–Crippen LogP) is 44.8. The summed E-state index contributed by atoms with van der Waals surface area (Å²) in [6, 6.07) is 0. The summed E-state index contributed by atoms with van der Waals surface area (Å²) in [5.74, 6) is 26.9. The van der Waals surface area contributed by atoms with Gasteiger partial charge in [0.15, 0.2) is 0 Å².